The summed E-state index contributed by atoms with van der Waals surface area (Å²) in [5.41, 5.74) is -1.84. The van der Waals surface area contributed by atoms with Gasteiger partial charge in [0.1, 0.15) is 0 Å². The highest BCUT2D eigenvalue weighted by Crippen LogP contribution is 2.16. The third-order valence-corrected chi connectivity index (χ3v) is 4.63. The Bertz CT molecular complexity index is 1440. The van der Waals surface area contributed by atoms with E-state index in [1.807, 2.05) is 0 Å². The second-order valence-corrected chi connectivity index (χ2v) is 7.83. The largest absolute Gasteiger partial charge is 0.478 e. The highest BCUT2D eigenvalue weighted by Gasteiger charge is 2.23. The van der Waals surface area contributed by atoms with Crippen molar-refractivity contribution >= 4 is 41.8 Å². The Balaban J connectivity index is 0.000000465. The summed E-state index contributed by atoms with van der Waals surface area (Å²) in [5.74, 6) is -8.94. The van der Waals surface area contributed by atoms with Gasteiger partial charge in [-0.25, -0.2) is 33.6 Å². The van der Waals surface area contributed by atoms with Crippen molar-refractivity contribution in [3.05, 3.63) is 106 Å². The standard InChI is InChI=1S/C17H10O9.C8H6O4.C3H8/c18-13(19)8-2-1-3-10(6-8)16(24)26-17(25)12-7-9(14(20)21)4-5-11(12)15(22)23;9-7(10)5-1-2-6(4-3-5)8(11)12;1-3-2/h1-7H,(H,18,19)(H,20,21)(H,22,23);1-4H,(H,9,10)(H,11,12);3H2,1-2H3. The molecule has 13 heteroatoms. The summed E-state index contributed by atoms with van der Waals surface area (Å²) >= 11 is 0. The van der Waals surface area contributed by atoms with Crippen molar-refractivity contribution in [3.63, 3.8) is 0 Å². The van der Waals surface area contributed by atoms with E-state index < -0.39 is 52.9 Å². The minimum Gasteiger partial charge on any atom is -0.478 e. The quantitative estimate of drug-likeness (QED) is 0.198. The van der Waals surface area contributed by atoms with Crippen molar-refractivity contribution in [3.8, 4) is 0 Å². The molecule has 0 amide bonds. The van der Waals surface area contributed by atoms with Crippen molar-refractivity contribution < 1.29 is 63.8 Å². The van der Waals surface area contributed by atoms with E-state index in [4.69, 9.17) is 25.5 Å². The van der Waals surface area contributed by atoms with E-state index in [-0.39, 0.29) is 27.8 Å². The molecule has 0 heterocycles. The van der Waals surface area contributed by atoms with Gasteiger partial charge in [0.25, 0.3) is 0 Å². The van der Waals surface area contributed by atoms with Crippen molar-refractivity contribution in [2.75, 3.05) is 0 Å². The molecule has 0 spiro atoms. The van der Waals surface area contributed by atoms with Crippen LogP contribution in [0.15, 0.2) is 66.7 Å². The van der Waals surface area contributed by atoms with Crippen LogP contribution in [0.1, 0.15) is 92.8 Å². The predicted octanol–water partition coefficient (Wildman–Crippen LogP) is 4.28. The first-order valence-corrected chi connectivity index (χ1v) is 11.5. The number of carboxylic acids is 5. The Morgan fingerprint density at radius 3 is 1.29 bits per heavy atom. The Morgan fingerprint density at radius 2 is 0.878 bits per heavy atom. The van der Waals surface area contributed by atoms with E-state index >= 15 is 0 Å². The minimum atomic E-state index is -1.52. The van der Waals surface area contributed by atoms with E-state index in [2.05, 4.69) is 18.6 Å². The summed E-state index contributed by atoms with van der Waals surface area (Å²) in [7, 11) is 0. The van der Waals surface area contributed by atoms with Crippen LogP contribution in [0.2, 0.25) is 0 Å². The van der Waals surface area contributed by atoms with Gasteiger partial charge >= 0.3 is 41.8 Å². The molecule has 0 fully saturated rings. The summed E-state index contributed by atoms with van der Waals surface area (Å²) in [5, 5.41) is 43.9. The molecule has 0 saturated carbocycles. The molecule has 214 valence electrons. The maximum Gasteiger partial charge on any atom is 0.346 e. The molecule has 0 atom stereocenters. The van der Waals surface area contributed by atoms with Crippen LogP contribution in [0.4, 0.5) is 0 Å². The third kappa shape index (κ3) is 10.1. The van der Waals surface area contributed by atoms with Crippen LogP contribution in [0, 0.1) is 0 Å². The molecule has 0 aliphatic rings. The first-order valence-electron chi connectivity index (χ1n) is 11.5. The van der Waals surface area contributed by atoms with Gasteiger partial charge < -0.3 is 30.3 Å². The summed E-state index contributed by atoms with van der Waals surface area (Å²) in [6, 6.07) is 12.3. The number of benzene rings is 3. The Labute approximate surface area is 231 Å². The Morgan fingerprint density at radius 1 is 0.488 bits per heavy atom. The van der Waals surface area contributed by atoms with Gasteiger partial charge in [-0.05, 0) is 60.7 Å². The van der Waals surface area contributed by atoms with E-state index in [1.165, 1.54) is 48.9 Å². The van der Waals surface area contributed by atoms with Crippen LogP contribution in [0.3, 0.4) is 0 Å². The van der Waals surface area contributed by atoms with Gasteiger partial charge in [0.2, 0.25) is 0 Å². The average Bonchev–Trinajstić information content (AvgIpc) is 2.93. The normalized spacial score (nSPS) is 9.51. The van der Waals surface area contributed by atoms with Crippen LogP contribution in [0.25, 0.3) is 0 Å². The zero-order chi connectivity index (χ0) is 31.3. The van der Waals surface area contributed by atoms with Gasteiger partial charge in [0, 0.05) is 0 Å². The average molecular weight is 568 g/mol. The summed E-state index contributed by atoms with van der Waals surface area (Å²) < 4.78 is 4.56. The van der Waals surface area contributed by atoms with Gasteiger partial charge in [-0.2, -0.15) is 0 Å². The summed E-state index contributed by atoms with van der Waals surface area (Å²) in [6.45, 7) is 4.25. The van der Waals surface area contributed by atoms with Gasteiger partial charge in [0.15, 0.2) is 0 Å². The van der Waals surface area contributed by atoms with E-state index in [0.29, 0.717) is 0 Å². The van der Waals surface area contributed by atoms with E-state index in [0.717, 1.165) is 24.3 Å². The molecule has 13 nitrogen and oxygen atoms in total. The van der Waals surface area contributed by atoms with Gasteiger partial charge in [-0.1, -0.05) is 26.3 Å². The molecule has 41 heavy (non-hydrogen) atoms. The molecule has 3 aromatic carbocycles. The SMILES string of the molecule is CCC.O=C(O)c1ccc(C(=O)O)cc1.O=C(O)c1cccc(C(=O)OC(=O)c2cc(C(=O)O)ccc2C(=O)O)c1. The molecule has 0 unspecified atom stereocenters. The first kappa shape index (κ1) is 33.2. The molecular weight excluding hydrogens is 544 g/mol. The second-order valence-electron chi connectivity index (χ2n) is 7.83. The topological polar surface area (TPSA) is 230 Å². The number of aromatic carboxylic acids is 5. The monoisotopic (exact) mass is 568 g/mol. The zero-order valence-electron chi connectivity index (χ0n) is 21.6. The molecule has 0 saturated heterocycles. The number of hydrogen-bond donors (Lipinski definition) is 5. The van der Waals surface area contributed by atoms with Crippen molar-refractivity contribution in [2.45, 2.75) is 20.3 Å². The van der Waals surface area contributed by atoms with Crippen LogP contribution in [0.5, 0.6) is 0 Å². The van der Waals surface area contributed by atoms with Crippen LogP contribution in [-0.4, -0.2) is 67.3 Å². The second kappa shape index (κ2) is 15.5. The number of carboxylic acid groups (broad SMARTS) is 5. The number of carbonyl (C=O) groups is 7. The molecule has 0 aliphatic heterocycles. The highest BCUT2D eigenvalue weighted by molar-refractivity contribution is 6.09. The molecule has 0 bridgehead atoms. The molecule has 5 N–H and O–H groups in total. The lowest BCUT2D eigenvalue weighted by molar-refractivity contribution is 0.0391. The fourth-order valence-corrected chi connectivity index (χ4v) is 2.77. The molecule has 0 aromatic heterocycles. The Kier molecular flexibility index (Phi) is 12.6. The predicted molar refractivity (Wildman–Crippen MR) is 140 cm³/mol. The maximum atomic E-state index is 12.1. The van der Waals surface area contributed by atoms with E-state index in [9.17, 15) is 33.6 Å². The minimum absolute atomic E-state index is 0.0833. The van der Waals surface area contributed by atoms with Crippen LogP contribution in [-0.2, 0) is 4.74 Å². The van der Waals surface area contributed by atoms with Crippen LogP contribution < -0.4 is 0 Å². The smallest absolute Gasteiger partial charge is 0.346 e. The number of esters is 2. The molecule has 3 rings (SSSR count). The van der Waals surface area contributed by atoms with Crippen LogP contribution >= 0.6 is 0 Å². The van der Waals surface area contributed by atoms with Crippen molar-refractivity contribution in [1.29, 1.82) is 0 Å². The fourth-order valence-electron chi connectivity index (χ4n) is 2.77. The number of carbonyl (C=O) groups excluding carboxylic acids is 2. The van der Waals surface area contributed by atoms with Crippen molar-refractivity contribution in [1.82, 2.24) is 0 Å². The fraction of sp³-hybridized carbons (Fsp3) is 0.107. The summed E-state index contributed by atoms with van der Waals surface area (Å²) in [4.78, 5) is 77.9. The zero-order valence-corrected chi connectivity index (χ0v) is 21.6. The summed E-state index contributed by atoms with van der Waals surface area (Å²) in [6.07, 6.45) is 1.25. The molecule has 0 aliphatic carbocycles. The van der Waals surface area contributed by atoms with E-state index in [1.54, 1.807) is 0 Å². The lowest BCUT2D eigenvalue weighted by Crippen LogP contribution is -2.17. The lowest BCUT2D eigenvalue weighted by Gasteiger charge is -2.07. The van der Waals surface area contributed by atoms with Gasteiger partial charge in [-0.3, -0.25) is 0 Å². The number of hydrogen-bond acceptors (Lipinski definition) is 8. The molecular formula is C28H24O13. The maximum absolute atomic E-state index is 12.1. The van der Waals surface area contributed by atoms with Gasteiger partial charge in [0.05, 0.1) is 38.9 Å². The first-order chi connectivity index (χ1) is 19.2. The highest BCUT2D eigenvalue weighted by atomic mass is 16.6. The number of rotatable bonds is 7. The molecule has 0 radical (unpaired) electrons. The van der Waals surface area contributed by atoms with Gasteiger partial charge in [-0.15, -0.1) is 0 Å². The Hall–Kier alpha value is -5.85. The third-order valence-electron chi connectivity index (χ3n) is 4.63. The van der Waals surface area contributed by atoms with Crippen molar-refractivity contribution in [2.24, 2.45) is 0 Å². The number of ether oxygens (including phenoxy) is 1. The molecule has 3 aromatic rings. The lowest BCUT2D eigenvalue weighted by atomic mass is 10.0.